The van der Waals surface area contributed by atoms with Crippen LogP contribution >= 0.6 is 0 Å². The van der Waals surface area contributed by atoms with E-state index in [2.05, 4.69) is 9.88 Å². The van der Waals surface area contributed by atoms with Gasteiger partial charge in [0.15, 0.2) is 0 Å². The molecular formula is C4H9NO4S. The predicted molar refractivity (Wildman–Crippen MR) is 34.6 cm³/mol. The molecule has 0 aromatic rings. The number of hydrogen-bond donors (Lipinski definition) is 1. The standard InChI is InChI=1S/C4H9NO4S/c1-4(6)9-2-3-10(5,7)8/h2-3H2,1H3,(H2,5,7,8). The van der Waals surface area contributed by atoms with Crippen LogP contribution in [0.1, 0.15) is 6.92 Å². The molecule has 10 heavy (non-hydrogen) atoms. The lowest BCUT2D eigenvalue weighted by molar-refractivity contribution is -0.140. The fraction of sp³-hybridized carbons (Fsp3) is 0.750. The fourth-order valence-electron chi connectivity index (χ4n) is 0.302. The Morgan fingerprint density at radius 3 is 2.40 bits per heavy atom. The molecule has 2 N–H and O–H groups in total. The van der Waals surface area contributed by atoms with Gasteiger partial charge in [-0.05, 0) is 0 Å². The molecule has 0 unspecified atom stereocenters. The van der Waals surface area contributed by atoms with E-state index < -0.39 is 16.0 Å². The molecule has 0 spiro atoms. The minimum absolute atomic E-state index is 0.172. The van der Waals surface area contributed by atoms with Crippen molar-refractivity contribution >= 4 is 16.0 Å². The van der Waals surface area contributed by atoms with Gasteiger partial charge in [-0.2, -0.15) is 0 Å². The van der Waals surface area contributed by atoms with Crippen LogP contribution in [0.2, 0.25) is 0 Å². The Morgan fingerprint density at radius 1 is 1.60 bits per heavy atom. The van der Waals surface area contributed by atoms with Gasteiger partial charge in [0.05, 0.1) is 5.75 Å². The highest BCUT2D eigenvalue weighted by Crippen LogP contribution is 1.80. The average molecular weight is 167 g/mol. The van der Waals surface area contributed by atoms with Gasteiger partial charge in [0.25, 0.3) is 0 Å². The Labute approximate surface area is 59.2 Å². The number of rotatable bonds is 3. The maximum Gasteiger partial charge on any atom is 0.302 e. The van der Waals surface area contributed by atoms with Crippen molar-refractivity contribution < 1.29 is 17.9 Å². The highest BCUT2D eigenvalue weighted by Gasteiger charge is 2.02. The summed E-state index contributed by atoms with van der Waals surface area (Å²) in [5, 5.41) is 4.60. The number of hydrogen-bond acceptors (Lipinski definition) is 4. The first kappa shape index (κ1) is 9.38. The molecule has 0 aromatic carbocycles. The molecule has 0 saturated carbocycles. The summed E-state index contributed by atoms with van der Waals surface area (Å²) in [6.45, 7) is 1.03. The summed E-state index contributed by atoms with van der Waals surface area (Å²) < 4.78 is 24.7. The topological polar surface area (TPSA) is 86.5 Å². The average Bonchev–Trinajstić information content (AvgIpc) is 1.59. The number of esters is 1. The van der Waals surface area contributed by atoms with Gasteiger partial charge < -0.3 is 4.74 Å². The van der Waals surface area contributed by atoms with Crippen LogP contribution in [0, 0.1) is 0 Å². The Hall–Kier alpha value is -0.620. The van der Waals surface area contributed by atoms with Crippen molar-refractivity contribution in [1.29, 1.82) is 0 Å². The minimum Gasteiger partial charge on any atom is -0.465 e. The zero-order chi connectivity index (χ0) is 8.20. The maximum atomic E-state index is 10.2. The quantitative estimate of drug-likeness (QED) is 0.537. The maximum absolute atomic E-state index is 10.2. The first-order valence-corrected chi connectivity index (χ1v) is 4.27. The lowest BCUT2D eigenvalue weighted by atomic mass is 10.8. The van der Waals surface area contributed by atoms with Crippen LogP contribution in [-0.4, -0.2) is 26.7 Å². The van der Waals surface area contributed by atoms with Crippen molar-refractivity contribution in [3.8, 4) is 0 Å². The van der Waals surface area contributed by atoms with E-state index in [1.165, 1.54) is 6.92 Å². The zero-order valence-corrected chi connectivity index (χ0v) is 6.35. The zero-order valence-electron chi connectivity index (χ0n) is 5.53. The number of nitrogens with two attached hydrogens (primary N) is 1. The largest absolute Gasteiger partial charge is 0.465 e. The molecule has 0 aliphatic heterocycles. The third kappa shape index (κ3) is 7.38. The van der Waals surface area contributed by atoms with Crippen LogP contribution in [0.5, 0.6) is 0 Å². The van der Waals surface area contributed by atoms with E-state index >= 15 is 0 Å². The molecule has 0 saturated heterocycles. The molecule has 0 heterocycles. The van der Waals surface area contributed by atoms with Gasteiger partial charge in [-0.15, -0.1) is 0 Å². The number of ether oxygens (including phenoxy) is 1. The van der Waals surface area contributed by atoms with Crippen LogP contribution in [0.25, 0.3) is 0 Å². The van der Waals surface area contributed by atoms with E-state index in [-0.39, 0.29) is 12.4 Å². The predicted octanol–water partition coefficient (Wildman–Crippen LogP) is -1.16. The Kier molecular flexibility index (Phi) is 3.31. The van der Waals surface area contributed by atoms with E-state index in [0.717, 1.165) is 0 Å². The minimum atomic E-state index is -3.50. The molecule has 0 rings (SSSR count). The summed E-state index contributed by atoms with van der Waals surface area (Å²) in [7, 11) is -3.50. The second-order valence-corrected chi connectivity index (χ2v) is 3.44. The first-order chi connectivity index (χ1) is 4.42. The molecule has 0 aromatic heterocycles. The molecule has 0 aliphatic rings. The molecule has 0 fully saturated rings. The van der Waals surface area contributed by atoms with Crippen molar-refractivity contribution in [2.24, 2.45) is 5.14 Å². The molecule has 0 bridgehead atoms. The normalized spacial score (nSPS) is 11.0. The first-order valence-electron chi connectivity index (χ1n) is 2.55. The van der Waals surface area contributed by atoms with E-state index in [1.54, 1.807) is 0 Å². The summed E-state index contributed by atoms with van der Waals surface area (Å²) in [6, 6.07) is 0. The van der Waals surface area contributed by atoms with Gasteiger partial charge in [-0.3, -0.25) is 4.79 Å². The Bertz CT molecular complexity index is 207. The highest BCUT2D eigenvalue weighted by atomic mass is 32.2. The summed E-state index contributed by atoms with van der Waals surface area (Å²) >= 11 is 0. The number of primary sulfonamides is 1. The van der Waals surface area contributed by atoms with Crippen LogP contribution in [-0.2, 0) is 19.6 Å². The summed E-state index contributed by atoms with van der Waals surface area (Å²) in [4.78, 5) is 10.1. The third-order valence-corrected chi connectivity index (χ3v) is 1.41. The van der Waals surface area contributed by atoms with Crippen molar-refractivity contribution in [2.45, 2.75) is 6.92 Å². The van der Waals surface area contributed by atoms with E-state index in [4.69, 9.17) is 0 Å². The fourth-order valence-corrected chi connectivity index (χ4v) is 0.617. The third-order valence-electron chi connectivity index (χ3n) is 0.673. The molecule has 0 radical (unpaired) electrons. The van der Waals surface area contributed by atoms with Crippen LogP contribution in [0.3, 0.4) is 0 Å². The number of carbonyl (C=O) groups is 1. The molecule has 6 heteroatoms. The van der Waals surface area contributed by atoms with Gasteiger partial charge in [-0.25, -0.2) is 13.6 Å². The van der Waals surface area contributed by atoms with Crippen molar-refractivity contribution in [1.82, 2.24) is 0 Å². The van der Waals surface area contributed by atoms with Crippen molar-refractivity contribution in [3.63, 3.8) is 0 Å². The summed E-state index contributed by atoms with van der Waals surface area (Å²) in [6.07, 6.45) is 0. The van der Waals surface area contributed by atoms with E-state index in [0.29, 0.717) is 0 Å². The van der Waals surface area contributed by atoms with Gasteiger partial charge in [0.1, 0.15) is 6.61 Å². The van der Waals surface area contributed by atoms with Crippen LogP contribution in [0.15, 0.2) is 0 Å². The Morgan fingerprint density at radius 2 is 2.10 bits per heavy atom. The van der Waals surface area contributed by atoms with Crippen molar-refractivity contribution in [3.05, 3.63) is 0 Å². The summed E-state index contributed by atoms with van der Waals surface area (Å²) in [5.74, 6) is -0.837. The van der Waals surface area contributed by atoms with Gasteiger partial charge in [0.2, 0.25) is 10.0 Å². The van der Waals surface area contributed by atoms with Crippen LogP contribution in [0.4, 0.5) is 0 Å². The monoisotopic (exact) mass is 167 g/mol. The second-order valence-electron chi connectivity index (χ2n) is 1.71. The van der Waals surface area contributed by atoms with E-state index in [1.807, 2.05) is 0 Å². The number of carbonyl (C=O) groups excluding carboxylic acids is 1. The molecule has 5 nitrogen and oxygen atoms in total. The van der Waals surface area contributed by atoms with Crippen molar-refractivity contribution in [2.75, 3.05) is 12.4 Å². The smallest absolute Gasteiger partial charge is 0.302 e. The Balaban J connectivity index is 3.49. The molecule has 0 aliphatic carbocycles. The van der Waals surface area contributed by atoms with Gasteiger partial charge in [0, 0.05) is 6.92 Å². The molecule has 60 valence electrons. The lowest BCUT2D eigenvalue weighted by Gasteiger charge is -1.97. The van der Waals surface area contributed by atoms with Crippen LogP contribution < -0.4 is 5.14 Å². The van der Waals surface area contributed by atoms with Gasteiger partial charge in [-0.1, -0.05) is 0 Å². The summed E-state index contributed by atoms with van der Waals surface area (Å²) in [5.41, 5.74) is 0. The molecule has 0 amide bonds. The van der Waals surface area contributed by atoms with E-state index in [9.17, 15) is 13.2 Å². The molecule has 0 atom stereocenters. The SMILES string of the molecule is CC(=O)OCCS(N)(=O)=O. The second kappa shape index (κ2) is 3.52. The highest BCUT2D eigenvalue weighted by molar-refractivity contribution is 7.89. The van der Waals surface area contributed by atoms with Gasteiger partial charge >= 0.3 is 5.97 Å². The number of sulfonamides is 1. The molecular weight excluding hydrogens is 158 g/mol. The lowest BCUT2D eigenvalue weighted by Crippen LogP contribution is -2.20.